The van der Waals surface area contributed by atoms with Gasteiger partial charge in [0.1, 0.15) is 17.2 Å². The normalized spacial score (nSPS) is 10.5. The Labute approximate surface area is 99.6 Å². The van der Waals surface area contributed by atoms with E-state index in [-0.39, 0.29) is 17.2 Å². The quantitative estimate of drug-likeness (QED) is 0.705. The van der Waals surface area contributed by atoms with Crippen LogP contribution >= 0.6 is 0 Å². The summed E-state index contributed by atoms with van der Waals surface area (Å²) < 4.78 is 0. The number of hydrogen-bond donors (Lipinski definition) is 3. The molecule has 2 aromatic carbocycles. The van der Waals surface area contributed by atoms with Crippen LogP contribution in [0.15, 0.2) is 30.3 Å². The second kappa shape index (κ2) is 4.01. The van der Waals surface area contributed by atoms with Gasteiger partial charge in [-0.05, 0) is 43.2 Å². The molecule has 2 rings (SSSR count). The zero-order chi connectivity index (χ0) is 12.6. The SMILES string of the molecule is Cc1ccc(O)c(-c2ccc(O)cc2O)c1C. The third-order valence-corrected chi connectivity index (χ3v) is 2.96. The molecule has 0 saturated carbocycles. The molecule has 3 nitrogen and oxygen atoms in total. The number of aromatic hydroxyl groups is 3. The number of phenolic OH excluding ortho intramolecular Hbond substituents is 3. The summed E-state index contributed by atoms with van der Waals surface area (Å²) in [6.45, 7) is 3.83. The molecule has 0 aliphatic heterocycles. The van der Waals surface area contributed by atoms with E-state index in [1.54, 1.807) is 12.1 Å². The number of hydrogen-bond acceptors (Lipinski definition) is 3. The van der Waals surface area contributed by atoms with Crippen LogP contribution in [0.25, 0.3) is 11.1 Å². The van der Waals surface area contributed by atoms with E-state index < -0.39 is 0 Å². The van der Waals surface area contributed by atoms with E-state index in [0.29, 0.717) is 11.1 Å². The monoisotopic (exact) mass is 230 g/mol. The van der Waals surface area contributed by atoms with Crippen molar-refractivity contribution in [2.75, 3.05) is 0 Å². The lowest BCUT2D eigenvalue weighted by molar-refractivity contribution is 0.450. The molecule has 0 heterocycles. The molecule has 0 spiro atoms. The average molecular weight is 230 g/mol. The molecule has 0 saturated heterocycles. The van der Waals surface area contributed by atoms with Crippen molar-refractivity contribution in [3.05, 3.63) is 41.5 Å². The average Bonchev–Trinajstić information content (AvgIpc) is 2.27. The van der Waals surface area contributed by atoms with Gasteiger partial charge in [0.15, 0.2) is 0 Å². The van der Waals surface area contributed by atoms with Crippen molar-refractivity contribution in [3.8, 4) is 28.4 Å². The van der Waals surface area contributed by atoms with Crippen molar-refractivity contribution in [3.63, 3.8) is 0 Å². The Balaban J connectivity index is 2.72. The van der Waals surface area contributed by atoms with E-state index in [0.717, 1.165) is 11.1 Å². The van der Waals surface area contributed by atoms with Crippen molar-refractivity contribution in [2.45, 2.75) is 13.8 Å². The van der Waals surface area contributed by atoms with E-state index in [4.69, 9.17) is 0 Å². The van der Waals surface area contributed by atoms with Crippen LogP contribution in [0.4, 0.5) is 0 Å². The first-order chi connectivity index (χ1) is 8.00. The van der Waals surface area contributed by atoms with Crippen molar-refractivity contribution in [2.24, 2.45) is 0 Å². The van der Waals surface area contributed by atoms with Gasteiger partial charge >= 0.3 is 0 Å². The standard InChI is InChI=1S/C14H14O3/c1-8-3-6-12(16)14(9(8)2)11-5-4-10(15)7-13(11)17/h3-7,15-17H,1-2H3. The largest absolute Gasteiger partial charge is 0.508 e. The van der Waals surface area contributed by atoms with E-state index in [1.807, 2.05) is 19.9 Å². The molecule has 0 fully saturated rings. The van der Waals surface area contributed by atoms with Gasteiger partial charge in [0.05, 0.1) is 0 Å². The van der Waals surface area contributed by atoms with E-state index in [2.05, 4.69) is 0 Å². The summed E-state index contributed by atoms with van der Waals surface area (Å²) in [5, 5.41) is 29.0. The number of benzene rings is 2. The maximum absolute atomic E-state index is 9.89. The Hall–Kier alpha value is -2.16. The molecule has 17 heavy (non-hydrogen) atoms. The van der Waals surface area contributed by atoms with Gasteiger partial charge in [-0.25, -0.2) is 0 Å². The van der Waals surface area contributed by atoms with Gasteiger partial charge in [0, 0.05) is 17.2 Å². The molecule has 0 aliphatic carbocycles. The predicted octanol–water partition coefficient (Wildman–Crippen LogP) is 3.09. The summed E-state index contributed by atoms with van der Waals surface area (Å²) in [6, 6.07) is 7.76. The second-order valence-corrected chi connectivity index (χ2v) is 4.10. The smallest absolute Gasteiger partial charge is 0.127 e. The van der Waals surface area contributed by atoms with Crippen LogP contribution in [0, 0.1) is 13.8 Å². The minimum atomic E-state index is -0.0472. The van der Waals surface area contributed by atoms with E-state index >= 15 is 0 Å². The summed E-state index contributed by atoms with van der Waals surface area (Å²) >= 11 is 0. The summed E-state index contributed by atoms with van der Waals surface area (Å²) in [4.78, 5) is 0. The predicted molar refractivity (Wildman–Crippen MR) is 66.3 cm³/mol. The van der Waals surface area contributed by atoms with Crippen molar-refractivity contribution >= 4 is 0 Å². The van der Waals surface area contributed by atoms with Crippen molar-refractivity contribution < 1.29 is 15.3 Å². The Bertz CT molecular complexity index is 574. The maximum Gasteiger partial charge on any atom is 0.127 e. The Morgan fingerprint density at radius 1 is 0.824 bits per heavy atom. The molecule has 0 bridgehead atoms. The fraction of sp³-hybridized carbons (Fsp3) is 0.143. The summed E-state index contributed by atoms with van der Waals surface area (Å²) in [6.07, 6.45) is 0. The molecule has 3 N–H and O–H groups in total. The molecular formula is C14H14O3. The fourth-order valence-corrected chi connectivity index (χ4v) is 1.87. The molecule has 2 aromatic rings. The van der Waals surface area contributed by atoms with Crippen LogP contribution < -0.4 is 0 Å². The highest BCUT2D eigenvalue weighted by atomic mass is 16.3. The highest BCUT2D eigenvalue weighted by molar-refractivity contribution is 5.79. The number of phenols is 3. The zero-order valence-electron chi connectivity index (χ0n) is 9.73. The lowest BCUT2D eigenvalue weighted by atomic mass is 9.95. The lowest BCUT2D eigenvalue weighted by Gasteiger charge is -2.12. The Morgan fingerprint density at radius 2 is 1.53 bits per heavy atom. The summed E-state index contributed by atoms with van der Waals surface area (Å²) in [7, 11) is 0. The molecule has 0 aromatic heterocycles. The third-order valence-electron chi connectivity index (χ3n) is 2.96. The Morgan fingerprint density at radius 3 is 2.18 bits per heavy atom. The Kier molecular flexibility index (Phi) is 2.68. The van der Waals surface area contributed by atoms with Crippen molar-refractivity contribution in [1.82, 2.24) is 0 Å². The van der Waals surface area contributed by atoms with Crippen LogP contribution in [0.3, 0.4) is 0 Å². The third kappa shape index (κ3) is 1.91. The summed E-state index contributed by atoms with van der Waals surface area (Å²) in [5.41, 5.74) is 3.06. The second-order valence-electron chi connectivity index (χ2n) is 4.10. The van der Waals surface area contributed by atoms with E-state index in [1.165, 1.54) is 12.1 Å². The van der Waals surface area contributed by atoms with Crippen LogP contribution in [0.1, 0.15) is 11.1 Å². The number of rotatable bonds is 1. The summed E-state index contributed by atoms with van der Waals surface area (Å²) in [5.74, 6) is 0.0686. The zero-order valence-corrected chi connectivity index (χ0v) is 9.73. The minimum Gasteiger partial charge on any atom is -0.508 e. The van der Waals surface area contributed by atoms with Crippen LogP contribution in [-0.4, -0.2) is 15.3 Å². The number of aryl methyl sites for hydroxylation is 1. The lowest BCUT2D eigenvalue weighted by Crippen LogP contribution is -1.88. The van der Waals surface area contributed by atoms with Crippen LogP contribution in [0.2, 0.25) is 0 Å². The van der Waals surface area contributed by atoms with Gasteiger partial charge in [-0.1, -0.05) is 6.07 Å². The van der Waals surface area contributed by atoms with Crippen LogP contribution in [-0.2, 0) is 0 Å². The first-order valence-corrected chi connectivity index (χ1v) is 5.32. The highest BCUT2D eigenvalue weighted by Gasteiger charge is 2.13. The molecule has 0 amide bonds. The van der Waals surface area contributed by atoms with Crippen LogP contribution in [0.5, 0.6) is 17.2 Å². The molecule has 3 heteroatoms. The van der Waals surface area contributed by atoms with Gasteiger partial charge in [0.2, 0.25) is 0 Å². The minimum absolute atomic E-state index is 0.00366. The van der Waals surface area contributed by atoms with Gasteiger partial charge in [-0.2, -0.15) is 0 Å². The first kappa shape index (κ1) is 11.3. The molecule has 0 atom stereocenters. The fourth-order valence-electron chi connectivity index (χ4n) is 1.87. The van der Waals surface area contributed by atoms with Gasteiger partial charge in [-0.3, -0.25) is 0 Å². The first-order valence-electron chi connectivity index (χ1n) is 5.32. The molecule has 0 aliphatic rings. The highest BCUT2D eigenvalue weighted by Crippen LogP contribution is 2.39. The van der Waals surface area contributed by atoms with Gasteiger partial charge in [-0.15, -0.1) is 0 Å². The van der Waals surface area contributed by atoms with E-state index in [9.17, 15) is 15.3 Å². The molecule has 0 radical (unpaired) electrons. The molecule has 88 valence electrons. The molecule has 0 unspecified atom stereocenters. The van der Waals surface area contributed by atoms with Gasteiger partial charge < -0.3 is 15.3 Å². The maximum atomic E-state index is 9.89. The van der Waals surface area contributed by atoms with Gasteiger partial charge in [0.25, 0.3) is 0 Å². The van der Waals surface area contributed by atoms with Crippen molar-refractivity contribution in [1.29, 1.82) is 0 Å². The topological polar surface area (TPSA) is 60.7 Å². The molecular weight excluding hydrogens is 216 g/mol.